The van der Waals surface area contributed by atoms with Gasteiger partial charge in [-0.05, 0) is 43.0 Å². The Morgan fingerprint density at radius 2 is 1.88 bits per heavy atom. The average Bonchev–Trinajstić information content (AvgIpc) is 3.16. The Kier molecular flexibility index (Phi) is 4.51. The van der Waals surface area contributed by atoms with E-state index in [1.54, 1.807) is 6.20 Å². The third-order valence-corrected chi connectivity index (χ3v) is 5.18. The molecule has 1 amide bonds. The highest BCUT2D eigenvalue weighted by atomic mass is 16.1. The number of benzene rings is 1. The van der Waals surface area contributed by atoms with E-state index in [0.717, 1.165) is 28.7 Å². The van der Waals surface area contributed by atoms with E-state index in [1.165, 1.54) is 32.1 Å². The number of rotatable bonds is 4. The van der Waals surface area contributed by atoms with Crippen LogP contribution in [0, 0.1) is 5.92 Å². The van der Waals surface area contributed by atoms with Crippen LogP contribution in [0.3, 0.4) is 0 Å². The molecule has 2 N–H and O–H groups in total. The summed E-state index contributed by atoms with van der Waals surface area (Å²) >= 11 is 0. The van der Waals surface area contributed by atoms with Crippen molar-refractivity contribution in [3.05, 3.63) is 54.4 Å². The van der Waals surface area contributed by atoms with Crippen LogP contribution in [0.15, 0.2) is 48.8 Å². The molecule has 2 aromatic heterocycles. The van der Waals surface area contributed by atoms with Crippen LogP contribution in [0.4, 0.5) is 0 Å². The lowest BCUT2D eigenvalue weighted by molar-refractivity contribution is 0.0943. The summed E-state index contributed by atoms with van der Waals surface area (Å²) in [6.07, 6.45) is 10.1. The molecule has 0 bridgehead atoms. The number of nitrogens with one attached hydrogen (secondary N) is 2. The van der Waals surface area contributed by atoms with Gasteiger partial charge in [0.2, 0.25) is 0 Å². The van der Waals surface area contributed by atoms with Crippen molar-refractivity contribution in [1.82, 2.24) is 15.3 Å². The molecule has 0 atom stereocenters. The number of aromatic amines is 1. The third-order valence-electron chi connectivity index (χ3n) is 5.18. The molecule has 1 saturated carbocycles. The lowest BCUT2D eigenvalue weighted by atomic mass is 9.89. The SMILES string of the molecule is O=C(NCC1CCCCC1)c1ccc(-c2nccc3[nH]ccc23)cc1. The van der Waals surface area contributed by atoms with Crippen LogP contribution in [-0.2, 0) is 0 Å². The predicted octanol–water partition coefficient (Wildman–Crippen LogP) is 4.54. The van der Waals surface area contributed by atoms with Crippen molar-refractivity contribution in [3.63, 3.8) is 0 Å². The molecule has 4 rings (SSSR count). The molecule has 0 unspecified atom stereocenters. The summed E-state index contributed by atoms with van der Waals surface area (Å²) in [5.74, 6) is 0.664. The maximum Gasteiger partial charge on any atom is 0.251 e. The fourth-order valence-corrected chi connectivity index (χ4v) is 3.72. The number of aromatic nitrogens is 2. The van der Waals surface area contributed by atoms with E-state index < -0.39 is 0 Å². The maximum absolute atomic E-state index is 12.4. The summed E-state index contributed by atoms with van der Waals surface area (Å²) in [6.45, 7) is 0.796. The Hall–Kier alpha value is -2.62. The average molecular weight is 333 g/mol. The summed E-state index contributed by atoms with van der Waals surface area (Å²) in [6, 6.07) is 11.7. The lowest BCUT2D eigenvalue weighted by Gasteiger charge is -2.21. The van der Waals surface area contributed by atoms with Crippen molar-refractivity contribution in [2.24, 2.45) is 5.92 Å². The lowest BCUT2D eigenvalue weighted by Crippen LogP contribution is -2.30. The van der Waals surface area contributed by atoms with Gasteiger partial charge in [0.1, 0.15) is 0 Å². The molecule has 1 fully saturated rings. The van der Waals surface area contributed by atoms with Crippen molar-refractivity contribution in [2.75, 3.05) is 6.54 Å². The van der Waals surface area contributed by atoms with Gasteiger partial charge >= 0.3 is 0 Å². The Labute approximate surface area is 147 Å². The first-order valence-electron chi connectivity index (χ1n) is 9.12. The van der Waals surface area contributed by atoms with Gasteiger partial charge in [0.05, 0.1) is 5.69 Å². The Morgan fingerprint density at radius 1 is 1.08 bits per heavy atom. The molecule has 0 aliphatic heterocycles. The molecule has 25 heavy (non-hydrogen) atoms. The zero-order valence-electron chi connectivity index (χ0n) is 14.3. The number of nitrogens with zero attached hydrogens (tertiary/aromatic N) is 1. The maximum atomic E-state index is 12.4. The van der Waals surface area contributed by atoms with E-state index >= 15 is 0 Å². The smallest absolute Gasteiger partial charge is 0.251 e. The topological polar surface area (TPSA) is 57.8 Å². The molecule has 1 aliphatic carbocycles. The predicted molar refractivity (Wildman–Crippen MR) is 100 cm³/mol. The van der Waals surface area contributed by atoms with Crippen molar-refractivity contribution >= 4 is 16.8 Å². The van der Waals surface area contributed by atoms with Crippen LogP contribution in [0.25, 0.3) is 22.2 Å². The molecule has 0 spiro atoms. The summed E-state index contributed by atoms with van der Waals surface area (Å²) in [5, 5.41) is 4.19. The second-order valence-corrected chi connectivity index (χ2v) is 6.89. The van der Waals surface area contributed by atoms with Crippen LogP contribution in [0.5, 0.6) is 0 Å². The van der Waals surface area contributed by atoms with Crippen LogP contribution in [0.1, 0.15) is 42.5 Å². The number of hydrogen-bond donors (Lipinski definition) is 2. The normalized spacial score (nSPS) is 15.4. The molecule has 1 aliphatic rings. The number of carbonyl (C=O) groups is 1. The van der Waals surface area contributed by atoms with Gasteiger partial charge in [0, 0.05) is 41.0 Å². The van der Waals surface area contributed by atoms with Crippen molar-refractivity contribution < 1.29 is 4.79 Å². The molecular formula is C21H23N3O. The molecule has 4 heteroatoms. The highest BCUT2D eigenvalue weighted by molar-refractivity contribution is 5.96. The second-order valence-electron chi connectivity index (χ2n) is 6.89. The van der Waals surface area contributed by atoms with Crippen LogP contribution in [0.2, 0.25) is 0 Å². The number of H-pyrrole nitrogens is 1. The van der Waals surface area contributed by atoms with Crippen molar-refractivity contribution in [1.29, 1.82) is 0 Å². The fourth-order valence-electron chi connectivity index (χ4n) is 3.72. The Bertz CT molecular complexity index is 860. The summed E-state index contributed by atoms with van der Waals surface area (Å²) in [5.41, 5.74) is 3.74. The molecular weight excluding hydrogens is 310 g/mol. The first-order valence-corrected chi connectivity index (χ1v) is 9.12. The zero-order chi connectivity index (χ0) is 17.1. The summed E-state index contributed by atoms with van der Waals surface area (Å²) in [4.78, 5) is 20.1. The number of fused-ring (bicyclic) bond motifs is 1. The minimum atomic E-state index is 0.0185. The minimum absolute atomic E-state index is 0.0185. The number of hydrogen-bond acceptors (Lipinski definition) is 2. The van der Waals surface area contributed by atoms with E-state index in [2.05, 4.69) is 15.3 Å². The number of amides is 1. The monoisotopic (exact) mass is 333 g/mol. The van der Waals surface area contributed by atoms with E-state index in [0.29, 0.717) is 11.5 Å². The van der Waals surface area contributed by atoms with E-state index in [-0.39, 0.29) is 5.91 Å². The molecule has 0 saturated heterocycles. The van der Waals surface area contributed by atoms with Crippen LogP contribution in [-0.4, -0.2) is 22.4 Å². The fraction of sp³-hybridized carbons (Fsp3) is 0.333. The standard InChI is InChI=1S/C21H23N3O/c25-21(24-14-15-4-2-1-3-5-15)17-8-6-16(7-9-17)20-18-10-12-22-19(18)11-13-23-20/h6-13,15,22H,1-5,14H2,(H,24,25). The molecule has 3 aromatic rings. The number of carbonyl (C=O) groups excluding carboxylic acids is 1. The van der Waals surface area contributed by atoms with Gasteiger partial charge in [-0.3, -0.25) is 9.78 Å². The Balaban J connectivity index is 1.46. The molecule has 0 radical (unpaired) electrons. The highest BCUT2D eigenvalue weighted by Crippen LogP contribution is 2.26. The number of pyridine rings is 1. The molecule has 1 aromatic carbocycles. The van der Waals surface area contributed by atoms with Crippen molar-refractivity contribution in [3.8, 4) is 11.3 Å². The largest absolute Gasteiger partial charge is 0.361 e. The molecule has 128 valence electrons. The molecule has 4 nitrogen and oxygen atoms in total. The zero-order valence-corrected chi connectivity index (χ0v) is 14.3. The van der Waals surface area contributed by atoms with Gasteiger partial charge < -0.3 is 10.3 Å². The minimum Gasteiger partial charge on any atom is -0.361 e. The van der Waals surface area contributed by atoms with Gasteiger partial charge in [-0.25, -0.2) is 0 Å². The van der Waals surface area contributed by atoms with E-state index in [4.69, 9.17) is 0 Å². The van der Waals surface area contributed by atoms with Gasteiger partial charge in [-0.15, -0.1) is 0 Å². The van der Waals surface area contributed by atoms with Gasteiger partial charge in [-0.1, -0.05) is 31.4 Å². The summed E-state index contributed by atoms with van der Waals surface area (Å²) in [7, 11) is 0. The first kappa shape index (κ1) is 15.9. The van der Waals surface area contributed by atoms with E-state index in [9.17, 15) is 4.79 Å². The van der Waals surface area contributed by atoms with Gasteiger partial charge in [0.15, 0.2) is 0 Å². The van der Waals surface area contributed by atoms with Crippen molar-refractivity contribution in [2.45, 2.75) is 32.1 Å². The molecule has 2 heterocycles. The quantitative estimate of drug-likeness (QED) is 0.736. The van der Waals surface area contributed by atoms with Gasteiger partial charge in [0.25, 0.3) is 5.91 Å². The summed E-state index contributed by atoms with van der Waals surface area (Å²) < 4.78 is 0. The second kappa shape index (κ2) is 7.09. The first-order chi connectivity index (χ1) is 12.3. The third kappa shape index (κ3) is 3.43. The van der Waals surface area contributed by atoms with E-state index in [1.807, 2.05) is 42.6 Å². The van der Waals surface area contributed by atoms with Gasteiger partial charge in [-0.2, -0.15) is 0 Å². The Morgan fingerprint density at radius 3 is 2.68 bits per heavy atom. The van der Waals surface area contributed by atoms with Crippen LogP contribution < -0.4 is 5.32 Å². The highest BCUT2D eigenvalue weighted by Gasteiger charge is 2.15. The van der Waals surface area contributed by atoms with Crippen LogP contribution >= 0.6 is 0 Å².